The molecule has 0 radical (unpaired) electrons. The predicted molar refractivity (Wildman–Crippen MR) is 116 cm³/mol. The lowest BCUT2D eigenvalue weighted by Gasteiger charge is -2.34. The summed E-state index contributed by atoms with van der Waals surface area (Å²) in [4.78, 5) is 26.4. The summed E-state index contributed by atoms with van der Waals surface area (Å²) in [6, 6.07) is -0.385. The third-order valence-electron chi connectivity index (χ3n) is 6.03. The van der Waals surface area contributed by atoms with Crippen LogP contribution in [-0.2, 0) is 14.3 Å². The lowest BCUT2D eigenvalue weighted by molar-refractivity contribution is -0.123. The van der Waals surface area contributed by atoms with Crippen LogP contribution >= 0.6 is 11.8 Å². The molecule has 3 fully saturated rings. The molecule has 0 aromatic rings. The predicted octanol–water partition coefficient (Wildman–Crippen LogP) is 2.61. The van der Waals surface area contributed by atoms with Crippen molar-refractivity contribution in [2.75, 3.05) is 26.0 Å². The number of ether oxygens (including phenoxy) is 1. The minimum Gasteiger partial charge on any atom is -0.381 e. The quantitative estimate of drug-likeness (QED) is 0.464. The summed E-state index contributed by atoms with van der Waals surface area (Å²) in [6.07, 6.45) is 7.64. The van der Waals surface area contributed by atoms with Crippen molar-refractivity contribution in [1.82, 2.24) is 15.6 Å². The fourth-order valence-electron chi connectivity index (χ4n) is 4.11. The van der Waals surface area contributed by atoms with E-state index in [1.54, 1.807) is 7.05 Å². The van der Waals surface area contributed by atoms with Crippen LogP contribution in [0.15, 0.2) is 29.7 Å². The zero-order valence-corrected chi connectivity index (χ0v) is 18.1. The van der Waals surface area contributed by atoms with Gasteiger partial charge in [-0.1, -0.05) is 44.2 Å². The summed E-state index contributed by atoms with van der Waals surface area (Å²) in [5.41, 5.74) is 3.97. The minimum atomic E-state index is -0.385. The molecular weight excluding hydrogens is 388 g/mol. The van der Waals surface area contributed by atoms with E-state index in [0.717, 1.165) is 31.4 Å². The van der Waals surface area contributed by atoms with Crippen LogP contribution in [0, 0.1) is 11.8 Å². The standard InChI is InChI=1S/C21H32N4O3S/c1-14(16-7-5-4-6-8-16)22-19(17-9-11-28-12-10-17)20(27)15(2)23-24-21-25(3)18(26)13-29-21/h16-17,19,22-23H,1-2,4-13H2,3H3/b24-21-. The fraction of sp³-hybridized carbons (Fsp3) is 0.667. The zero-order valence-electron chi connectivity index (χ0n) is 17.2. The molecular formula is C21H32N4O3S. The number of nitrogens with one attached hydrogen (secondary N) is 2. The van der Waals surface area contributed by atoms with Crippen LogP contribution in [-0.4, -0.2) is 53.8 Å². The molecule has 2 saturated heterocycles. The Morgan fingerprint density at radius 2 is 1.90 bits per heavy atom. The fourth-order valence-corrected chi connectivity index (χ4v) is 4.96. The van der Waals surface area contributed by atoms with Gasteiger partial charge in [-0.15, -0.1) is 5.10 Å². The van der Waals surface area contributed by atoms with Crippen molar-refractivity contribution in [3.63, 3.8) is 0 Å². The summed E-state index contributed by atoms with van der Waals surface area (Å²) >= 11 is 1.34. The molecule has 3 aliphatic rings. The summed E-state index contributed by atoms with van der Waals surface area (Å²) in [5.74, 6) is 0.862. The highest BCUT2D eigenvalue weighted by atomic mass is 32.2. The molecule has 7 nitrogen and oxygen atoms in total. The number of thioether (sulfide) groups is 1. The summed E-state index contributed by atoms with van der Waals surface area (Å²) < 4.78 is 5.49. The van der Waals surface area contributed by atoms with E-state index in [2.05, 4.69) is 29.0 Å². The summed E-state index contributed by atoms with van der Waals surface area (Å²) in [6.45, 7) is 9.51. The van der Waals surface area contributed by atoms with Crippen molar-refractivity contribution in [3.8, 4) is 0 Å². The number of allylic oxidation sites excluding steroid dienone is 1. The number of amides is 1. The Morgan fingerprint density at radius 3 is 2.52 bits per heavy atom. The Morgan fingerprint density at radius 1 is 1.21 bits per heavy atom. The molecule has 1 unspecified atom stereocenters. The third-order valence-corrected chi connectivity index (χ3v) is 7.04. The van der Waals surface area contributed by atoms with Crippen molar-refractivity contribution in [3.05, 3.63) is 24.6 Å². The first-order chi connectivity index (χ1) is 14.0. The smallest absolute Gasteiger partial charge is 0.238 e. The van der Waals surface area contributed by atoms with Crippen LogP contribution in [0.3, 0.4) is 0 Å². The molecule has 0 aromatic carbocycles. The second-order valence-electron chi connectivity index (χ2n) is 8.02. The molecule has 0 bridgehead atoms. The zero-order chi connectivity index (χ0) is 20.8. The minimum absolute atomic E-state index is 0.00183. The van der Waals surface area contributed by atoms with Crippen molar-refractivity contribution in [2.45, 2.75) is 51.0 Å². The molecule has 1 aliphatic carbocycles. The number of ketones is 1. The monoisotopic (exact) mass is 420 g/mol. The number of amidine groups is 1. The van der Waals surface area contributed by atoms with E-state index in [1.165, 1.54) is 35.9 Å². The molecule has 2 N–H and O–H groups in total. The van der Waals surface area contributed by atoms with Gasteiger partial charge in [-0.25, -0.2) is 0 Å². The van der Waals surface area contributed by atoms with Gasteiger partial charge in [-0.3, -0.25) is 19.9 Å². The van der Waals surface area contributed by atoms with E-state index < -0.39 is 0 Å². The van der Waals surface area contributed by atoms with Gasteiger partial charge in [-0.05, 0) is 37.5 Å². The number of carbonyl (C=O) groups excluding carboxylic acids is 2. The maximum absolute atomic E-state index is 13.2. The highest BCUT2D eigenvalue weighted by Gasteiger charge is 2.33. The number of hydrazone groups is 1. The Labute approximate surface area is 177 Å². The van der Waals surface area contributed by atoms with E-state index in [1.807, 2.05) is 0 Å². The van der Waals surface area contributed by atoms with Crippen LogP contribution in [0.1, 0.15) is 44.9 Å². The largest absolute Gasteiger partial charge is 0.381 e. The molecule has 0 spiro atoms. The van der Waals surface area contributed by atoms with Gasteiger partial charge in [0.05, 0.1) is 17.5 Å². The second-order valence-corrected chi connectivity index (χ2v) is 8.96. The average molecular weight is 421 g/mol. The molecule has 160 valence electrons. The Kier molecular flexibility index (Phi) is 7.77. The van der Waals surface area contributed by atoms with Gasteiger partial charge in [0.2, 0.25) is 11.7 Å². The molecule has 8 heteroatoms. The lowest BCUT2D eigenvalue weighted by Crippen LogP contribution is -2.47. The van der Waals surface area contributed by atoms with Crippen LogP contribution in [0.4, 0.5) is 0 Å². The number of carbonyl (C=O) groups is 2. The number of hydrogen-bond donors (Lipinski definition) is 2. The van der Waals surface area contributed by atoms with E-state index in [0.29, 0.717) is 30.1 Å². The number of Topliss-reactive ketones (excluding diaryl/α,β-unsaturated/α-hetero) is 1. The highest BCUT2D eigenvalue weighted by Crippen LogP contribution is 2.29. The summed E-state index contributed by atoms with van der Waals surface area (Å²) in [7, 11) is 1.67. The number of hydrogen-bond acceptors (Lipinski definition) is 7. The van der Waals surface area contributed by atoms with Gasteiger partial charge in [0.15, 0.2) is 5.17 Å². The van der Waals surface area contributed by atoms with Gasteiger partial charge in [0, 0.05) is 26.0 Å². The molecule has 1 amide bonds. The van der Waals surface area contributed by atoms with Crippen molar-refractivity contribution < 1.29 is 14.3 Å². The molecule has 2 aliphatic heterocycles. The first-order valence-electron chi connectivity index (χ1n) is 10.5. The second kappa shape index (κ2) is 10.3. The van der Waals surface area contributed by atoms with Gasteiger partial charge in [-0.2, -0.15) is 0 Å². The van der Waals surface area contributed by atoms with Crippen molar-refractivity contribution in [2.24, 2.45) is 16.9 Å². The van der Waals surface area contributed by atoms with Crippen LogP contribution in [0.25, 0.3) is 0 Å². The molecule has 0 aromatic heterocycles. The van der Waals surface area contributed by atoms with E-state index >= 15 is 0 Å². The molecule has 3 rings (SSSR count). The van der Waals surface area contributed by atoms with E-state index in [4.69, 9.17) is 4.74 Å². The van der Waals surface area contributed by atoms with Gasteiger partial charge in [0.1, 0.15) is 0 Å². The lowest BCUT2D eigenvalue weighted by atomic mass is 9.84. The summed E-state index contributed by atoms with van der Waals surface area (Å²) in [5, 5.41) is 8.22. The van der Waals surface area contributed by atoms with Gasteiger partial charge in [0.25, 0.3) is 0 Å². The first-order valence-corrected chi connectivity index (χ1v) is 11.4. The normalized spacial score (nSPS) is 23.8. The van der Waals surface area contributed by atoms with Crippen LogP contribution in [0.2, 0.25) is 0 Å². The maximum atomic E-state index is 13.2. The Hall–Kier alpha value is -1.80. The van der Waals surface area contributed by atoms with Crippen LogP contribution in [0.5, 0.6) is 0 Å². The van der Waals surface area contributed by atoms with Crippen molar-refractivity contribution >= 4 is 28.6 Å². The Balaban J connectivity index is 1.66. The molecule has 29 heavy (non-hydrogen) atoms. The van der Waals surface area contributed by atoms with Gasteiger partial charge >= 0.3 is 0 Å². The maximum Gasteiger partial charge on any atom is 0.238 e. The molecule has 2 heterocycles. The number of nitrogens with zero attached hydrogens (tertiary/aromatic N) is 2. The van der Waals surface area contributed by atoms with Crippen molar-refractivity contribution in [1.29, 1.82) is 0 Å². The third kappa shape index (κ3) is 5.63. The first kappa shape index (κ1) is 21.9. The highest BCUT2D eigenvalue weighted by molar-refractivity contribution is 8.15. The average Bonchev–Trinajstić information content (AvgIpc) is 3.08. The topological polar surface area (TPSA) is 83.0 Å². The molecule has 1 atom stereocenters. The number of rotatable bonds is 8. The van der Waals surface area contributed by atoms with E-state index in [9.17, 15) is 9.59 Å². The Bertz CT molecular complexity index is 681. The SMILES string of the molecule is C=C(N/N=C1\SCC(=O)N1C)C(=O)C(NC(=C)C1CCCCC1)C1CCOCC1. The van der Waals surface area contributed by atoms with Gasteiger partial charge < -0.3 is 10.1 Å². The molecule has 1 saturated carbocycles. The van der Waals surface area contributed by atoms with Crippen LogP contribution < -0.4 is 10.7 Å². The van der Waals surface area contributed by atoms with E-state index in [-0.39, 0.29) is 29.3 Å².